The van der Waals surface area contributed by atoms with Crippen molar-refractivity contribution in [2.75, 3.05) is 4.90 Å². The Balaban J connectivity index is 1.21. The van der Waals surface area contributed by atoms with Gasteiger partial charge in [-0.05, 0) is 131 Å². The van der Waals surface area contributed by atoms with Crippen LogP contribution in [0, 0.1) is 5.41 Å². The van der Waals surface area contributed by atoms with Crippen LogP contribution in [0.1, 0.15) is 80.4 Å². The minimum Gasteiger partial charge on any atom is -0.310 e. The van der Waals surface area contributed by atoms with Gasteiger partial charge in [0.25, 0.3) is 0 Å². The number of fused-ring (bicyclic) bond motifs is 4. The van der Waals surface area contributed by atoms with Crippen molar-refractivity contribution < 1.29 is 2.74 Å². The van der Waals surface area contributed by atoms with Crippen LogP contribution in [0.3, 0.4) is 0 Å². The van der Waals surface area contributed by atoms with Gasteiger partial charge in [-0.15, -0.1) is 0 Å². The van der Waals surface area contributed by atoms with Crippen LogP contribution in [0.25, 0.3) is 55.6 Å². The van der Waals surface area contributed by atoms with Crippen molar-refractivity contribution in [1.29, 1.82) is 0 Å². The van der Waals surface area contributed by atoms with Crippen molar-refractivity contribution in [3.8, 4) is 55.6 Å². The minimum absolute atomic E-state index is 0.161. The normalized spacial score (nSPS) is 16.5. The summed E-state index contributed by atoms with van der Waals surface area (Å²) in [6.07, 6.45) is 0. The van der Waals surface area contributed by atoms with E-state index in [1.165, 1.54) is 22.3 Å². The van der Waals surface area contributed by atoms with Crippen molar-refractivity contribution in [1.82, 2.24) is 0 Å². The smallest absolute Gasteiger partial charge is 0.0633 e. The molecule has 0 fully saturated rings. The van der Waals surface area contributed by atoms with E-state index < -0.39 is 0 Å². The molecule has 300 valence electrons. The summed E-state index contributed by atoms with van der Waals surface area (Å²) < 4.78 is 20.6. The maximum absolute atomic E-state index is 10.3. The van der Waals surface area contributed by atoms with Crippen LogP contribution in [-0.4, -0.2) is 0 Å². The fourth-order valence-corrected chi connectivity index (χ4v) is 10.4. The molecular formula is C60H55N. The second-order valence-electron chi connectivity index (χ2n) is 19.2. The molecular weight excluding hydrogens is 735 g/mol. The molecule has 0 N–H and O–H groups in total. The van der Waals surface area contributed by atoms with Gasteiger partial charge in [0.2, 0.25) is 0 Å². The van der Waals surface area contributed by atoms with Gasteiger partial charge in [0.1, 0.15) is 0 Å². The molecule has 1 heteroatoms. The Hall–Kier alpha value is -6.44. The summed E-state index contributed by atoms with van der Waals surface area (Å²) in [4.78, 5) is 2.39. The first-order chi connectivity index (χ1) is 30.2. The summed E-state index contributed by atoms with van der Waals surface area (Å²) in [5.74, 6) is 0. The summed E-state index contributed by atoms with van der Waals surface area (Å²) in [6, 6.07) is 63.9. The van der Waals surface area contributed by atoms with Gasteiger partial charge in [0.05, 0.1) is 8.43 Å². The van der Waals surface area contributed by atoms with Crippen molar-refractivity contribution in [2.45, 2.75) is 71.6 Å². The lowest BCUT2D eigenvalue weighted by atomic mass is 9.59. The van der Waals surface area contributed by atoms with E-state index in [-0.39, 0.29) is 21.7 Å². The van der Waals surface area contributed by atoms with Crippen LogP contribution < -0.4 is 4.90 Å². The predicted octanol–water partition coefficient (Wildman–Crippen LogP) is 16.7. The average molecular weight is 792 g/mol. The molecule has 10 rings (SSSR count). The highest BCUT2D eigenvalue weighted by Crippen LogP contribution is 2.63. The predicted molar refractivity (Wildman–Crippen MR) is 260 cm³/mol. The highest BCUT2D eigenvalue weighted by Gasteiger charge is 2.57. The Morgan fingerprint density at radius 2 is 0.803 bits per heavy atom. The van der Waals surface area contributed by atoms with Crippen LogP contribution in [0.4, 0.5) is 17.1 Å². The fraction of sp³-hybridized carbons (Fsp3) is 0.200. The molecule has 0 amide bonds. The van der Waals surface area contributed by atoms with Gasteiger partial charge < -0.3 is 4.90 Å². The van der Waals surface area contributed by atoms with Gasteiger partial charge in [-0.25, -0.2) is 0 Å². The highest BCUT2D eigenvalue weighted by molar-refractivity contribution is 5.95. The van der Waals surface area contributed by atoms with E-state index >= 15 is 0 Å². The molecule has 0 spiro atoms. The standard InChI is InChI=1S/C60H55N/c1-57(2)52-29-19-17-28-48(52)49-36-35-44(37-53(49)57)61(56-30-20-18-26-46(56)41-23-13-10-14-24-41)43-33-31-42(32-34-43)50-38-54-55(59(5,6)60(7,8)58(54,3)4)39-51(50)47-27-16-15-25-45(47)40-21-11-9-12-22-40/h9-39H,1-8H3/i38D,39D. The van der Waals surface area contributed by atoms with Crippen LogP contribution in [0.2, 0.25) is 0 Å². The Kier molecular flexibility index (Phi) is 8.40. The first-order valence-electron chi connectivity index (χ1n) is 22.8. The molecule has 2 aliphatic carbocycles. The Morgan fingerprint density at radius 1 is 0.344 bits per heavy atom. The molecule has 8 aromatic rings. The molecule has 0 heterocycles. The summed E-state index contributed by atoms with van der Waals surface area (Å²) >= 11 is 0. The molecule has 0 bridgehead atoms. The maximum Gasteiger partial charge on any atom is 0.0633 e. The van der Waals surface area contributed by atoms with Crippen molar-refractivity contribution >= 4 is 17.1 Å². The first kappa shape index (κ1) is 36.4. The third kappa shape index (κ3) is 5.88. The SMILES string of the molecule is [2H]c1c(-c2ccc(N(c3ccc4c(c3)C(C)(C)c3ccccc3-4)c3ccccc3-c3ccccc3)cc2)c(-c2ccccc2-c2ccccc2)c([2H])c2c1C(C)(C)C(C)(C)C2(C)C. The van der Waals surface area contributed by atoms with Crippen molar-refractivity contribution in [2.24, 2.45) is 5.41 Å². The number of anilines is 3. The number of hydrogen-bond donors (Lipinski definition) is 0. The van der Waals surface area contributed by atoms with Crippen LogP contribution >= 0.6 is 0 Å². The lowest BCUT2D eigenvalue weighted by molar-refractivity contribution is 0.125. The Labute approximate surface area is 366 Å². The van der Waals surface area contributed by atoms with E-state index in [0.29, 0.717) is 12.1 Å². The zero-order valence-electron chi connectivity index (χ0n) is 38.7. The second kappa shape index (κ2) is 14.1. The summed E-state index contributed by atoms with van der Waals surface area (Å²) in [5, 5.41) is 0. The minimum atomic E-state index is -0.357. The van der Waals surface area contributed by atoms with E-state index in [1.54, 1.807) is 0 Å². The third-order valence-corrected chi connectivity index (χ3v) is 15.1. The number of para-hydroxylation sites is 1. The quantitative estimate of drug-likeness (QED) is 0.155. The molecule has 0 saturated carbocycles. The number of rotatable bonds is 7. The fourth-order valence-electron chi connectivity index (χ4n) is 10.4. The Morgan fingerprint density at radius 3 is 1.44 bits per heavy atom. The lowest BCUT2D eigenvalue weighted by Crippen LogP contribution is -2.42. The van der Waals surface area contributed by atoms with E-state index in [1.807, 2.05) is 6.07 Å². The van der Waals surface area contributed by atoms with Crippen LogP contribution in [0.15, 0.2) is 188 Å². The second-order valence-corrected chi connectivity index (χ2v) is 19.2. The highest BCUT2D eigenvalue weighted by atomic mass is 15.1. The van der Waals surface area contributed by atoms with Crippen molar-refractivity contribution in [3.63, 3.8) is 0 Å². The molecule has 2 aliphatic rings. The monoisotopic (exact) mass is 791 g/mol. The van der Waals surface area contributed by atoms with Gasteiger partial charge in [0, 0.05) is 22.4 Å². The van der Waals surface area contributed by atoms with Gasteiger partial charge in [0.15, 0.2) is 0 Å². The van der Waals surface area contributed by atoms with Gasteiger partial charge in [-0.1, -0.05) is 201 Å². The molecule has 0 radical (unpaired) electrons. The molecule has 0 aromatic heterocycles. The first-order valence-corrected chi connectivity index (χ1v) is 21.8. The summed E-state index contributed by atoms with van der Waals surface area (Å²) in [7, 11) is 0. The maximum atomic E-state index is 10.3. The van der Waals surface area contributed by atoms with E-state index in [0.717, 1.165) is 72.7 Å². The van der Waals surface area contributed by atoms with Gasteiger partial charge in [-0.2, -0.15) is 0 Å². The zero-order chi connectivity index (χ0) is 44.1. The van der Waals surface area contributed by atoms with E-state index in [9.17, 15) is 2.74 Å². The number of hydrogen-bond acceptors (Lipinski definition) is 1. The summed E-state index contributed by atoms with van der Waals surface area (Å²) in [5.41, 5.74) is 17.3. The Bertz CT molecular complexity index is 3060. The van der Waals surface area contributed by atoms with E-state index in [4.69, 9.17) is 0 Å². The zero-order valence-corrected chi connectivity index (χ0v) is 36.7. The van der Waals surface area contributed by atoms with Crippen LogP contribution in [0.5, 0.6) is 0 Å². The molecule has 0 aliphatic heterocycles. The molecule has 0 atom stereocenters. The molecule has 1 nitrogen and oxygen atoms in total. The number of benzene rings is 8. The van der Waals surface area contributed by atoms with E-state index in [2.05, 4.69) is 230 Å². The molecule has 61 heavy (non-hydrogen) atoms. The van der Waals surface area contributed by atoms with Crippen molar-refractivity contribution in [3.05, 3.63) is 210 Å². The largest absolute Gasteiger partial charge is 0.310 e. The van der Waals surface area contributed by atoms with Gasteiger partial charge >= 0.3 is 0 Å². The van der Waals surface area contributed by atoms with Crippen LogP contribution in [-0.2, 0) is 16.2 Å². The molecule has 8 aromatic carbocycles. The van der Waals surface area contributed by atoms with Gasteiger partial charge in [-0.3, -0.25) is 0 Å². The average Bonchev–Trinajstić information content (AvgIpc) is 3.59. The third-order valence-electron chi connectivity index (χ3n) is 15.1. The lowest BCUT2D eigenvalue weighted by Gasteiger charge is -2.44. The topological polar surface area (TPSA) is 3.24 Å². The molecule has 0 unspecified atom stereocenters. The number of nitrogens with zero attached hydrogens (tertiary/aromatic N) is 1. The summed E-state index contributed by atoms with van der Waals surface area (Å²) in [6.45, 7) is 18.4. The molecule has 0 saturated heterocycles.